The number of hydrogen-bond acceptors (Lipinski definition) is 6. The summed E-state index contributed by atoms with van der Waals surface area (Å²) in [6.45, 7) is 2.36. The van der Waals surface area contributed by atoms with Gasteiger partial charge in [-0.2, -0.15) is 0 Å². The van der Waals surface area contributed by atoms with Crippen molar-refractivity contribution in [3.8, 4) is 0 Å². The number of rotatable bonds is 2. The van der Waals surface area contributed by atoms with E-state index in [4.69, 9.17) is 9.47 Å². The molecule has 0 N–H and O–H groups in total. The van der Waals surface area contributed by atoms with Crippen molar-refractivity contribution in [2.45, 2.75) is 13.8 Å². The molecule has 0 bridgehead atoms. The van der Waals surface area contributed by atoms with Crippen molar-refractivity contribution in [3.63, 3.8) is 0 Å². The number of carbonyl (C=O) groups excluding carboxylic acids is 4. The number of ketones is 2. The first kappa shape index (κ1) is 15.6. The van der Waals surface area contributed by atoms with Gasteiger partial charge in [-0.05, 0) is 12.2 Å². The van der Waals surface area contributed by atoms with Crippen LogP contribution in [0.2, 0.25) is 0 Å². The molecule has 1 aromatic carbocycles. The number of hydrogen-bond donors (Lipinski definition) is 0. The summed E-state index contributed by atoms with van der Waals surface area (Å²) in [4.78, 5) is 47.9. The van der Waals surface area contributed by atoms with E-state index < -0.39 is 17.7 Å². The summed E-state index contributed by atoms with van der Waals surface area (Å²) >= 11 is 0. The average Bonchev–Trinajstić information content (AvgIpc) is 2.53. The van der Waals surface area contributed by atoms with Gasteiger partial charge in [0.1, 0.15) is 0 Å². The molecule has 0 saturated carbocycles. The van der Waals surface area contributed by atoms with Gasteiger partial charge >= 0.3 is 11.9 Å². The third-order valence-corrected chi connectivity index (χ3v) is 3.51. The fourth-order valence-corrected chi connectivity index (χ4v) is 2.62. The molecule has 120 valence electrons. The zero-order valence-electron chi connectivity index (χ0n) is 12.9. The molecule has 0 fully saturated rings. The van der Waals surface area contributed by atoms with E-state index in [0.29, 0.717) is 11.1 Å². The topological polar surface area (TPSA) is 86.7 Å². The van der Waals surface area contributed by atoms with Crippen molar-refractivity contribution in [3.05, 3.63) is 64.4 Å². The monoisotopic (exact) mass is 324 g/mol. The highest BCUT2D eigenvalue weighted by Gasteiger charge is 2.38. The van der Waals surface area contributed by atoms with Crippen LogP contribution < -0.4 is 0 Å². The number of esters is 2. The van der Waals surface area contributed by atoms with Crippen LogP contribution >= 0.6 is 0 Å². The molecule has 6 heteroatoms. The average molecular weight is 324 g/mol. The lowest BCUT2D eigenvalue weighted by Crippen LogP contribution is -2.26. The predicted octanol–water partition coefficient (Wildman–Crippen LogP) is 2.11. The molecule has 0 unspecified atom stereocenters. The fourth-order valence-electron chi connectivity index (χ4n) is 2.62. The fraction of sp³-hybridized carbons (Fsp3) is 0.111. The van der Waals surface area contributed by atoms with Crippen molar-refractivity contribution < 1.29 is 28.7 Å². The van der Waals surface area contributed by atoms with Crippen molar-refractivity contribution in [1.29, 1.82) is 0 Å². The largest absolute Gasteiger partial charge is 0.425 e. The summed E-state index contributed by atoms with van der Waals surface area (Å²) in [6, 6.07) is 6.53. The van der Waals surface area contributed by atoms with E-state index in [-0.39, 0.29) is 28.4 Å². The van der Waals surface area contributed by atoms with Gasteiger partial charge in [0.05, 0.1) is 5.57 Å². The molecule has 1 aromatic rings. The Kier molecular flexibility index (Phi) is 3.73. The lowest BCUT2D eigenvalue weighted by molar-refractivity contribution is -0.139. The van der Waals surface area contributed by atoms with Crippen LogP contribution in [0.1, 0.15) is 29.8 Å². The summed E-state index contributed by atoms with van der Waals surface area (Å²) in [5, 5.41) is 0. The highest BCUT2D eigenvalue weighted by atomic mass is 16.5. The van der Waals surface area contributed by atoms with Crippen LogP contribution in [0.25, 0.3) is 5.76 Å². The Hall–Kier alpha value is -3.28. The SMILES string of the molecule is CC(=O)OC1=CC=C2C(=O)c3ccccc3C(OC(C)=O)=C2C1=O. The smallest absolute Gasteiger partial charge is 0.308 e. The number of ether oxygens (including phenoxy) is 2. The number of Topliss-reactive ketones (excluding diaryl/α,β-unsaturated/α-hetero) is 2. The molecule has 0 saturated heterocycles. The van der Waals surface area contributed by atoms with Gasteiger partial charge < -0.3 is 9.47 Å². The molecular weight excluding hydrogens is 312 g/mol. The molecule has 0 spiro atoms. The lowest BCUT2D eigenvalue weighted by atomic mass is 9.81. The molecule has 24 heavy (non-hydrogen) atoms. The number of benzene rings is 1. The summed E-state index contributed by atoms with van der Waals surface area (Å²) in [6.07, 6.45) is 2.65. The summed E-state index contributed by atoms with van der Waals surface area (Å²) in [7, 11) is 0. The molecule has 3 rings (SSSR count). The van der Waals surface area contributed by atoms with Gasteiger partial charge in [0.2, 0.25) is 5.78 Å². The zero-order valence-corrected chi connectivity index (χ0v) is 12.9. The predicted molar refractivity (Wildman–Crippen MR) is 82.4 cm³/mol. The van der Waals surface area contributed by atoms with Crippen LogP contribution in [-0.4, -0.2) is 23.5 Å². The van der Waals surface area contributed by atoms with Crippen molar-refractivity contribution >= 4 is 29.3 Å². The Labute approximate surface area is 137 Å². The van der Waals surface area contributed by atoms with E-state index in [1.165, 1.54) is 19.1 Å². The number of fused-ring (bicyclic) bond motifs is 2. The summed E-state index contributed by atoms with van der Waals surface area (Å²) < 4.78 is 10.1. The van der Waals surface area contributed by atoms with Crippen LogP contribution in [0, 0.1) is 0 Å². The van der Waals surface area contributed by atoms with Gasteiger partial charge in [0.15, 0.2) is 17.3 Å². The van der Waals surface area contributed by atoms with Crippen molar-refractivity contribution in [1.82, 2.24) is 0 Å². The van der Waals surface area contributed by atoms with Crippen LogP contribution in [-0.2, 0) is 23.9 Å². The zero-order chi connectivity index (χ0) is 17.4. The van der Waals surface area contributed by atoms with Gasteiger partial charge in [-0.25, -0.2) is 0 Å². The highest BCUT2D eigenvalue weighted by molar-refractivity contribution is 6.30. The standard InChI is InChI=1S/C18H12O6/c1-9(19)23-14-8-7-13-15(17(14)22)18(24-10(2)20)12-6-4-3-5-11(12)16(13)21/h3-8H,1-2H3. The second-order valence-corrected chi connectivity index (χ2v) is 5.21. The molecule has 0 aliphatic heterocycles. The van der Waals surface area contributed by atoms with Crippen LogP contribution in [0.15, 0.2) is 53.3 Å². The molecule has 0 radical (unpaired) electrons. The minimum absolute atomic E-state index is 0.00768. The van der Waals surface area contributed by atoms with E-state index in [1.54, 1.807) is 24.3 Å². The van der Waals surface area contributed by atoms with Crippen LogP contribution in [0.3, 0.4) is 0 Å². The maximum absolute atomic E-state index is 12.7. The summed E-state index contributed by atoms with van der Waals surface area (Å²) in [5.74, 6) is -2.56. The Morgan fingerprint density at radius 1 is 0.833 bits per heavy atom. The number of allylic oxidation sites excluding steroid dienone is 4. The van der Waals surface area contributed by atoms with Crippen LogP contribution in [0.4, 0.5) is 0 Å². The maximum Gasteiger partial charge on any atom is 0.308 e. The highest BCUT2D eigenvalue weighted by Crippen LogP contribution is 2.38. The van der Waals surface area contributed by atoms with E-state index >= 15 is 0 Å². The Bertz CT molecular complexity index is 898. The second-order valence-electron chi connectivity index (χ2n) is 5.21. The third-order valence-electron chi connectivity index (χ3n) is 3.51. The molecule has 2 aliphatic carbocycles. The maximum atomic E-state index is 12.7. The minimum Gasteiger partial charge on any atom is -0.425 e. The van der Waals surface area contributed by atoms with E-state index in [0.717, 1.165) is 6.92 Å². The molecule has 2 aliphatic rings. The molecule has 0 aromatic heterocycles. The normalized spacial score (nSPS) is 15.9. The molecule has 0 amide bonds. The Balaban J connectivity index is 2.25. The van der Waals surface area contributed by atoms with Gasteiger partial charge in [-0.3, -0.25) is 19.2 Å². The first-order valence-corrected chi connectivity index (χ1v) is 7.12. The first-order chi connectivity index (χ1) is 11.4. The van der Waals surface area contributed by atoms with Gasteiger partial charge in [0, 0.05) is 30.5 Å². The van der Waals surface area contributed by atoms with Gasteiger partial charge in [0.25, 0.3) is 0 Å². The first-order valence-electron chi connectivity index (χ1n) is 7.12. The van der Waals surface area contributed by atoms with E-state index in [2.05, 4.69) is 0 Å². The minimum atomic E-state index is -0.679. The van der Waals surface area contributed by atoms with E-state index in [1.807, 2.05) is 0 Å². The van der Waals surface area contributed by atoms with E-state index in [9.17, 15) is 19.2 Å². The molecule has 0 heterocycles. The Morgan fingerprint density at radius 3 is 2.08 bits per heavy atom. The quantitative estimate of drug-likeness (QED) is 0.774. The lowest BCUT2D eigenvalue weighted by Gasteiger charge is -2.25. The molecule has 6 nitrogen and oxygen atoms in total. The van der Waals surface area contributed by atoms with Gasteiger partial charge in [-0.1, -0.05) is 24.3 Å². The van der Waals surface area contributed by atoms with Crippen LogP contribution in [0.5, 0.6) is 0 Å². The van der Waals surface area contributed by atoms with Crippen molar-refractivity contribution in [2.75, 3.05) is 0 Å². The molecule has 0 atom stereocenters. The number of carbonyl (C=O) groups is 4. The summed E-state index contributed by atoms with van der Waals surface area (Å²) in [5.41, 5.74) is 0.710. The second kappa shape index (κ2) is 5.73. The van der Waals surface area contributed by atoms with Gasteiger partial charge in [-0.15, -0.1) is 0 Å². The van der Waals surface area contributed by atoms with Crippen molar-refractivity contribution in [2.24, 2.45) is 0 Å². The molecular formula is C18H12O6. The Morgan fingerprint density at radius 2 is 1.46 bits per heavy atom. The third kappa shape index (κ3) is 2.48.